The molecule has 4 heteroatoms. The maximum absolute atomic E-state index is 12.3. The van der Waals surface area contributed by atoms with Gasteiger partial charge in [-0.3, -0.25) is 0 Å². The third-order valence-corrected chi connectivity index (χ3v) is 4.36. The van der Waals surface area contributed by atoms with E-state index < -0.39 is 5.97 Å². The van der Waals surface area contributed by atoms with Gasteiger partial charge in [-0.25, -0.2) is 9.59 Å². The SMILES string of the molecule is CCCCOC(=O)c1ccc(C(=O)O)cc1CC(CC)CCCC. The van der Waals surface area contributed by atoms with Crippen LogP contribution < -0.4 is 0 Å². The number of benzene rings is 1. The van der Waals surface area contributed by atoms with Crippen LogP contribution in [0.5, 0.6) is 0 Å². The van der Waals surface area contributed by atoms with Crippen molar-refractivity contribution in [2.75, 3.05) is 6.61 Å². The summed E-state index contributed by atoms with van der Waals surface area (Å²) in [6, 6.07) is 4.71. The average molecular weight is 334 g/mol. The fraction of sp³-hybridized carbons (Fsp3) is 0.600. The number of unbranched alkanes of at least 4 members (excludes halogenated alkanes) is 2. The molecule has 1 rings (SSSR count). The standard InChI is InChI=1S/C20H30O4/c1-4-7-9-15(6-3)13-17-14-16(19(21)22)10-11-18(17)20(23)24-12-8-5-2/h10-11,14-15H,4-9,12-13H2,1-3H3,(H,21,22). The summed E-state index contributed by atoms with van der Waals surface area (Å²) in [4.78, 5) is 23.6. The van der Waals surface area contributed by atoms with Gasteiger partial charge in [-0.15, -0.1) is 0 Å². The van der Waals surface area contributed by atoms with E-state index in [2.05, 4.69) is 13.8 Å². The summed E-state index contributed by atoms with van der Waals surface area (Å²) < 4.78 is 5.32. The molecule has 1 unspecified atom stereocenters. The van der Waals surface area contributed by atoms with Crippen LogP contribution in [-0.4, -0.2) is 23.7 Å². The van der Waals surface area contributed by atoms with E-state index in [0.717, 1.165) is 50.5 Å². The molecule has 134 valence electrons. The third-order valence-electron chi connectivity index (χ3n) is 4.36. The third kappa shape index (κ3) is 6.34. The van der Waals surface area contributed by atoms with E-state index in [4.69, 9.17) is 4.74 Å². The molecule has 0 fully saturated rings. The molecular weight excluding hydrogens is 304 g/mol. The van der Waals surface area contributed by atoms with E-state index in [1.807, 2.05) is 6.92 Å². The van der Waals surface area contributed by atoms with Gasteiger partial charge in [0, 0.05) is 0 Å². The van der Waals surface area contributed by atoms with Crippen LogP contribution in [0.4, 0.5) is 0 Å². The molecular formula is C20H30O4. The number of carboxylic acid groups (broad SMARTS) is 1. The lowest BCUT2D eigenvalue weighted by Gasteiger charge is -2.17. The first-order valence-electron chi connectivity index (χ1n) is 9.06. The highest BCUT2D eigenvalue weighted by Crippen LogP contribution is 2.23. The smallest absolute Gasteiger partial charge is 0.338 e. The van der Waals surface area contributed by atoms with Gasteiger partial charge < -0.3 is 9.84 Å². The first-order chi connectivity index (χ1) is 11.5. The highest BCUT2D eigenvalue weighted by Gasteiger charge is 2.18. The van der Waals surface area contributed by atoms with Gasteiger partial charge in [-0.1, -0.05) is 52.9 Å². The Morgan fingerprint density at radius 3 is 2.42 bits per heavy atom. The molecule has 0 spiro atoms. The minimum atomic E-state index is -0.969. The predicted octanol–water partition coefficient (Wildman–Crippen LogP) is 5.10. The summed E-state index contributed by atoms with van der Waals surface area (Å²) in [5, 5.41) is 9.23. The molecule has 1 aromatic carbocycles. The molecule has 24 heavy (non-hydrogen) atoms. The number of carboxylic acids is 1. The van der Waals surface area contributed by atoms with Gasteiger partial charge in [-0.2, -0.15) is 0 Å². The van der Waals surface area contributed by atoms with Crippen LogP contribution in [0.25, 0.3) is 0 Å². The number of carbonyl (C=O) groups is 2. The van der Waals surface area contributed by atoms with Crippen LogP contribution in [-0.2, 0) is 11.2 Å². The molecule has 1 atom stereocenters. The molecule has 1 N–H and O–H groups in total. The summed E-state index contributed by atoms with van der Waals surface area (Å²) in [7, 11) is 0. The van der Waals surface area contributed by atoms with Crippen molar-refractivity contribution in [3.8, 4) is 0 Å². The van der Waals surface area contributed by atoms with E-state index >= 15 is 0 Å². The van der Waals surface area contributed by atoms with E-state index in [0.29, 0.717) is 18.1 Å². The summed E-state index contributed by atoms with van der Waals surface area (Å²) >= 11 is 0. The van der Waals surface area contributed by atoms with Crippen molar-refractivity contribution < 1.29 is 19.4 Å². The zero-order valence-electron chi connectivity index (χ0n) is 15.1. The molecule has 0 bridgehead atoms. The zero-order chi connectivity index (χ0) is 17.9. The van der Waals surface area contributed by atoms with Crippen LogP contribution >= 0.6 is 0 Å². The van der Waals surface area contributed by atoms with Gasteiger partial charge in [0.1, 0.15) is 0 Å². The normalized spacial score (nSPS) is 12.0. The van der Waals surface area contributed by atoms with Gasteiger partial charge in [0.2, 0.25) is 0 Å². The van der Waals surface area contributed by atoms with Crippen molar-refractivity contribution in [3.63, 3.8) is 0 Å². The lowest BCUT2D eigenvalue weighted by molar-refractivity contribution is 0.0497. The number of hydrogen-bond donors (Lipinski definition) is 1. The molecule has 0 radical (unpaired) electrons. The summed E-state index contributed by atoms with van der Waals surface area (Å²) in [6.45, 7) is 6.75. The van der Waals surface area contributed by atoms with Crippen molar-refractivity contribution in [2.45, 2.75) is 65.7 Å². The molecule has 1 aromatic rings. The molecule has 0 heterocycles. The number of esters is 1. The van der Waals surface area contributed by atoms with Gasteiger partial charge in [0.05, 0.1) is 17.7 Å². The molecule has 0 saturated carbocycles. The summed E-state index contributed by atoms with van der Waals surface area (Å²) in [5.41, 5.74) is 1.52. The average Bonchev–Trinajstić information content (AvgIpc) is 2.58. The van der Waals surface area contributed by atoms with Gasteiger partial charge in [0.25, 0.3) is 0 Å². The Hall–Kier alpha value is -1.84. The summed E-state index contributed by atoms with van der Waals surface area (Å²) in [6.07, 6.45) is 6.91. The highest BCUT2D eigenvalue weighted by atomic mass is 16.5. The van der Waals surface area contributed by atoms with Gasteiger partial charge >= 0.3 is 11.9 Å². The second-order valence-electron chi connectivity index (χ2n) is 6.29. The fourth-order valence-corrected chi connectivity index (χ4v) is 2.74. The predicted molar refractivity (Wildman–Crippen MR) is 95.6 cm³/mol. The first-order valence-corrected chi connectivity index (χ1v) is 9.06. The molecule has 0 aliphatic carbocycles. The maximum atomic E-state index is 12.3. The van der Waals surface area contributed by atoms with Crippen LogP contribution in [0.1, 0.15) is 85.6 Å². The minimum absolute atomic E-state index is 0.223. The Morgan fingerprint density at radius 1 is 1.12 bits per heavy atom. The molecule has 0 aliphatic heterocycles. The van der Waals surface area contributed by atoms with Crippen LogP contribution in [0, 0.1) is 5.92 Å². The van der Waals surface area contributed by atoms with Crippen molar-refractivity contribution in [1.29, 1.82) is 0 Å². The van der Waals surface area contributed by atoms with E-state index in [1.54, 1.807) is 12.1 Å². The topological polar surface area (TPSA) is 63.6 Å². The number of carbonyl (C=O) groups excluding carboxylic acids is 1. The van der Waals surface area contributed by atoms with Crippen molar-refractivity contribution in [1.82, 2.24) is 0 Å². The van der Waals surface area contributed by atoms with Gasteiger partial charge in [0.15, 0.2) is 0 Å². The summed E-state index contributed by atoms with van der Waals surface area (Å²) in [5.74, 6) is -0.860. The Morgan fingerprint density at radius 2 is 1.83 bits per heavy atom. The molecule has 4 nitrogen and oxygen atoms in total. The van der Waals surface area contributed by atoms with Crippen LogP contribution in [0.3, 0.4) is 0 Å². The largest absolute Gasteiger partial charge is 0.478 e. The van der Waals surface area contributed by atoms with E-state index in [9.17, 15) is 14.7 Å². The maximum Gasteiger partial charge on any atom is 0.338 e. The lowest BCUT2D eigenvalue weighted by Crippen LogP contribution is -2.13. The quantitative estimate of drug-likeness (QED) is 0.451. The number of ether oxygens (including phenoxy) is 1. The van der Waals surface area contributed by atoms with Gasteiger partial charge in [-0.05, 0) is 42.5 Å². The van der Waals surface area contributed by atoms with Crippen molar-refractivity contribution in [2.24, 2.45) is 5.92 Å². The van der Waals surface area contributed by atoms with E-state index in [-0.39, 0.29) is 11.5 Å². The number of hydrogen-bond acceptors (Lipinski definition) is 3. The number of aromatic carboxylic acids is 1. The second-order valence-corrected chi connectivity index (χ2v) is 6.29. The lowest BCUT2D eigenvalue weighted by atomic mass is 9.89. The monoisotopic (exact) mass is 334 g/mol. The number of rotatable bonds is 11. The first kappa shape index (κ1) is 20.2. The Labute approximate surface area is 145 Å². The second kappa shape index (κ2) is 10.8. The highest BCUT2D eigenvalue weighted by molar-refractivity contribution is 5.94. The molecule has 0 amide bonds. The Bertz CT molecular complexity index is 536. The van der Waals surface area contributed by atoms with E-state index in [1.165, 1.54) is 6.07 Å². The molecule has 0 aromatic heterocycles. The minimum Gasteiger partial charge on any atom is -0.478 e. The molecule has 0 saturated heterocycles. The molecule has 0 aliphatic rings. The Balaban J connectivity index is 3.00. The van der Waals surface area contributed by atoms with Crippen molar-refractivity contribution >= 4 is 11.9 Å². The fourth-order valence-electron chi connectivity index (χ4n) is 2.74. The van der Waals surface area contributed by atoms with Crippen molar-refractivity contribution in [3.05, 3.63) is 34.9 Å². The zero-order valence-corrected chi connectivity index (χ0v) is 15.1. The van der Waals surface area contributed by atoms with Crippen LogP contribution in [0.15, 0.2) is 18.2 Å². The van der Waals surface area contributed by atoms with Crippen LogP contribution in [0.2, 0.25) is 0 Å². The Kier molecular flexibility index (Phi) is 9.13.